The normalized spacial score (nSPS) is 24.6. The van der Waals surface area contributed by atoms with Crippen molar-refractivity contribution in [3.8, 4) is 0 Å². The van der Waals surface area contributed by atoms with Gasteiger partial charge in [-0.2, -0.15) is 0 Å². The molecule has 94 valence electrons. The van der Waals surface area contributed by atoms with Crippen molar-refractivity contribution in [3.05, 3.63) is 23.4 Å². The summed E-state index contributed by atoms with van der Waals surface area (Å²) >= 11 is 6.22. The third-order valence-electron chi connectivity index (χ3n) is 3.53. The van der Waals surface area contributed by atoms with Crippen molar-refractivity contribution >= 4 is 17.4 Å². The number of nitrogens with two attached hydrogens (primary N) is 1. The molecule has 0 amide bonds. The summed E-state index contributed by atoms with van der Waals surface area (Å²) in [7, 11) is 0. The Balaban J connectivity index is 2.14. The summed E-state index contributed by atoms with van der Waals surface area (Å²) in [5, 5.41) is 0.740. The van der Waals surface area contributed by atoms with Crippen molar-refractivity contribution in [2.45, 2.75) is 44.7 Å². The van der Waals surface area contributed by atoms with E-state index in [-0.39, 0.29) is 0 Å². The lowest BCUT2D eigenvalue weighted by atomic mass is 9.90. The maximum Gasteiger partial charge on any atom is 0.147 e. The van der Waals surface area contributed by atoms with Crippen molar-refractivity contribution in [2.75, 3.05) is 11.4 Å². The Bertz CT molecular complexity index is 361. The number of pyridine rings is 1. The Morgan fingerprint density at radius 3 is 2.71 bits per heavy atom. The van der Waals surface area contributed by atoms with Gasteiger partial charge in [0.2, 0.25) is 0 Å². The van der Waals surface area contributed by atoms with Gasteiger partial charge in [-0.3, -0.25) is 0 Å². The van der Waals surface area contributed by atoms with E-state index in [0.29, 0.717) is 12.1 Å². The second-order valence-corrected chi connectivity index (χ2v) is 5.07. The molecule has 2 N–H and O–H groups in total. The quantitative estimate of drug-likeness (QED) is 0.901. The fourth-order valence-corrected chi connectivity index (χ4v) is 2.81. The van der Waals surface area contributed by atoms with E-state index in [9.17, 15) is 0 Å². The maximum absolute atomic E-state index is 6.22. The molecule has 0 unspecified atom stereocenters. The van der Waals surface area contributed by atoms with Gasteiger partial charge in [0.25, 0.3) is 0 Å². The molecule has 17 heavy (non-hydrogen) atoms. The van der Waals surface area contributed by atoms with Gasteiger partial charge < -0.3 is 10.6 Å². The topological polar surface area (TPSA) is 42.2 Å². The molecule has 3 nitrogen and oxygen atoms in total. The number of anilines is 1. The number of nitrogens with zero attached hydrogens (tertiary/aromatic N) is 2. The van der Waals surface area contributed by atoms with E-state index in [2.05, 4.69) is 16.8 Å². The maximum atomic E-state index is 6.22. The second kappa shape index (κ2) is 5.69. The molecule has 1 aliphatic carbocycles. The molecule has 0 saturated heterocycles. The molecule has 4 heteroatoms. The number of hydrogen-bond donors (Lipinski definition) is 1. The van der Waals surface area contributed by atoms with Gasteiger partial charge >= 0.3 is 0 Å². The lowest BCUT2D eigenvalue weighted by Crippen LogP contribution is -2.41. The summed E-state index contributed by atoms with van der Waals surface area (Å²) in [6, 6.07) is 4.69. The van der Waals surface area contributed by atoms with Gasteiger partial charge in [-0.25, -0.2) is 4.98 Å². The lowest BCUT2D eigenvalue weighted by molar-refractivity contribution is 0.377. The Morgan fingerprint density at radius 1 is 1.41 bits per heavy atom. The SMILES string of the molecule is CCN(c1ncccc1Cl)C1CCC(N)CC1. The second-order valence-electron chi connectivity index (χ2n) is 4.66. The van der Waals surface area contributed by atoms with Gasteiger partial charge in [-0.05, 0) is 44.7 Å². The van der Waals surface area contributed by atoms with Crippen LogP contribution in [-0.4, -0.2) is 23.6 Å². The van der Waals surface area contributed by atoms with Crippen LogP contribution in [0.5, 0.6) is 0 Å². The number of rotatable bonds is 3. The Kier molecular flexibility index (Phi) is 4.24. The van der Waals surface area contributed by atoms with Crippen LogP contribution in [0.1, 0.15) is 32.6 Å². The summed E-state index contributed by atoms with van der Waals surface area (Å²) in [5.41, 5.74) is 5.95. The van der Waals surface area contributed by atoms with Crippen molar-refractivity contribution in [1.29, 1.82) is 0 Å². The average molecular weight is 254 g/mol. The molecule has 1 aromatic heterocycles. The summed E-state index contributed by atoms with van der Waals surface area (Å²) in [6.07, 6.45) is 6.29. The fraction of sp³-hybridized carbons (Fsp3) is 0.615. The molecule has 1 aliphatic rings. The average Bonchev–Trinajstić information content (AvgIpc) is 2.35. The first-order valence-corrected chi connectivity index (χ1v) is 6.73. The summed E-state index contributed by atoms with van der Waals surface area (Å²) < 4.78 is 0. The Labute approximate surface area is 108 Å². The van der Waals surface area contributed by atoms with Crippen LogP contribution in [-0.2, 0) is 0 Å². The molecule has 1 aromatic rings. The first-order chi connectivity index (χ1) is 8.22. The van der Waals surface area contributed by atoms with Crippen LogP contribution >= 0.6 is 11.6 Å². The molecule has 0 bridgehead atoms. The van der Waals surface area contributed by atoms with E-state index in [0.717, 1.165) is 43.1 Å². The van der Waals surface area contributed by atoms with Crippen LogP contribution < -0.4 is 10.6 Å². The minimum absolute atomic E-state index is 0.379. The van der Waals surface area contributed by atoms with E-state index in [1.165, 1.54) is 0 Å². The van der Waals surface area contributed by atoms with Crippen LogP contribution in [0.3, 0.4) is 0 Å². The molecule has 0 radical (unpaired) electrons. The van der Waals surface area contributed by atoms with Gasteiger partial charge in [-0.1, -0.05) is 11.6 Å². The zero-order valence-electron chi connectivity index (χ0n) is 10.3. The molecule has 0 aliphatic heterocycles. The number of hydrogen-bond acceptors (Lipinski definition) is 3. The van der Waals surface area contributed by atoms with E-state index in [1.807, 2.05) is 12.1 Å². The smallest absolute Gasteiger partial charge is 0.147 e. The highest BCUT2D eigenvalue weighted by atomic mass is 35.5. The zero-order valence-corrected chi connectivity index (χ0v) is 11.0. The highest BCUT2D eigenvalue weighted by Gasteiger charge is 2.25. The molecular weight excluding hydrogens is 234 g/mol. The van der Waals surface area contributed by atoms with Crippen LogP contribution in [0.15, 0.2) is 18.3 Å². The first-order valence-electron chi connectivity index (χ1n) is 6.35. The number of aromatic nitrogens is 1. The minimum atomic E-state index is 0.379. The van der Waals surface area contributed by atoms with Crippen molar-refractivity contribution in [2.24, 2.45) is 5.73 Å². The summed E-state index contributed by atoms with van der Waals surface area (Å²) in [6.45, 7) is 3.09. The zero-order chi connectivity index (χ0) is 12.3. The largest absolute Gasteiger partial charge is 0.353 e. The van der Waals surface area contributed by atoms with E-state index in [4.69, 9.17) is 17.3 Å². The molecule has 1 saturated carbocycles. The third kappa shape index (κ3) is 2.90. The van der Waals surface area contributed by atoms with E-state index >= 15 is 0 Å². The molecule has 0 aromatic carbocycles. The van der Waals surface area contributed by atoms with Crippen LogP contribution in [0.2, 0.25) is 5.02 Å². The van der Waals surface area contributed by atoms with Crippen LogP contribution in [0.25, 0.3) is 0 Å². The molecular formula is C13H20ClN3. The van der Waals surface area contributed by atoms with Crippen LogP contribution in [0, 0.1) is 0 Å². The molecule has 2 rings (SSSR count). The predicted octanol–water partition coefficient (Wildman–Crippen LogP) is 2.83. The van der Waals surface area contributed by atoms with Crippen LogP contribution in [0.4, 0.5) is 5.82 Å². The standard InChI is InChI=1S/C13H20ClN3/c1-2-17(11-7-5-10(15)6-8-11)13-12(14)4-3-9-16-13/h3-4,9-11H,2,5-8,15H2,1H3. The Hall–Kier alpha value is -0.800. The van der Waals surface area contributed by atoms with E-state index in [1.54, 1.807) is 6.20 Å². The molecule has 0 spiro atoms. The van der Waals surface area contributed by atoms with Crippen molar-refractivity contribution in [1.82, 2.24) is 4.98 Å². The van der Waals surface area contributed by atoms with Gasteiger partial charge in [-0.15, -0.1) is 0 Å². The van der Waals surface area contributed by atoms with E-state index < -0.39 is 0 Å². The highest BCUT2D eigenvalue weighted by molar-refractivity contribution is 6.32. The monoisotopic (exact) mass is 253 g/mol. The van der Waals surface area contributed by atoms with Gasteiger partial charge in [0.15, 0.2) is 0 Å². The fourth-order valence-electron chi connectivity index (χ4n) is 2.58. The summed E-state index contributed by atoms with van der Waals surface area (Å²) in [5.74, 6) is 0.914. The Morgan fingerprint density at radius 2 is 2.12 bits per heavy atom. The molecule has 0 atom stereocenters. The first kappa shape index (κ1) is 12.7. The predicted molar refractivity (Wildman–Crippen MR) is 72.5 cm³/mol. The lowest BCUT2D eigenvalue weighted by Gasteiger charge is -2.36. The third-order valence-corrected chi connectivity index (χ3v) is 3.83. The van der Waals surface area contributed by atoms with Crippen molar-refractivity contribution < 1.29 is 0 Å². The number of halogens is 1. The molecule has 1 fully saturated rings. The summed E-state index contributed by atoms with van der Waals surface area (Å²) in [4.78, 5) is 6.72. The highest BCUT2D eigenvalue weighted by Crippen LogP contribution is 2.29. The van der Waals surface area contributed by atoms with Gasteiger partial charge in [0, 0.05) is 24.8 Å². The van der Waals surface area contributed by atoms with Crippen molar-refractivity contribution in [3.63, 3.8) is 0 Å². The van der Waals surface area contributed by atoms with Gasteiger partial charge in [0.05, 0.1) is 5.02 Å². The van der Waals surface area contributed by atoms with Gasteiger partial charge in [0.1, 0.15) is 5.82 Å². The molecule has 1 heterocycles. The minimum Gasteiger partial charge on any atom is -0.353 e.